The van der Waals surface area contributed by atoms with Gasteiger partial charge < -0.3 is 4.48 Å². The van der Waals surface area contributed by atoms with E-state index in [0.717, 1.165) is 29.7 Å². The van der Waals surface area contributed by atoms with Gasteiger partial charge in [-0.25, -0.2) is 0 Å². The summed E-state index contributed by atoms with van der Waals surface area (Å²) in [5.41, 5.74) is 0.575. The predicted octanol–water partition coefficient (Wildman–Crippen LogP) is 0.516. The van der Waals surface area contributed by atoms with Crippen LogP contribution in [0.2, 0.25) is 12.1 Å². The number of rotatable bonds is 2. The van der Waals surface area contributed by atoms with Gasteiger partial charge >= 0.3 is 0 Å². The molecule has 1 saturated heterocycles. The van der Waals surface area contributed by atoms with Gasteiger partial charge in [-0.3, -0.25) is 14.8 Å². The summed E-state index contributed by atoms with van der Waals surface area (Å²) in [4.78, 5) is 20.2. The molecule has 2 rings (SSSR count). The van der Waals surface area contributed by atoms with Gasteiger partial charge in [0.25, 0.3) is 0 Å². The predicted molar refractivity (Wildman–Crippen MR) is 65.0 cm³/mol. The summed E-state index contributed by atoms with van der Waals surface area (Å²) in [5.74, 6) is 0. The average Bonchev–Trinajstić information content (AvgIpc) is 2.29. The standard InChI is InChI=1S/C11H18N3OSi/c1-14(2)5-7-16(8-6-14)11(15)10-9-12-3-4-13-10/h3-4,9,16H,5-8H2,1-2H3/q+1. The second-order valence-corrected chi connectivity index (χ2v) is 8.19. The SMILES string of the molecule is C[N+]1(C)CC[SiH](C(=O)c2cnccn2)CC1. The molecule has 1 fully saturated rings. The number of quaternary nitrogens is 1. The molecule has 0 atom stereocenters. The minimum atomic E-state index is -1.29. The van der Waals surface area contributed by atoms with Crippen molar-refractivity contribution >= 4 is 14.2 Å². The Morgan fingerprint density at radius 1 is 1.31 bits per heavy atom. The van der Waals surface area contributed by atoms with E-state index in [9.17, 15) is 4.79 Å². The van der Waals surface area contributed by atoms with Gasteiger partial charge in [0.2, 0.25) is 0 Å². The lowest BCUT2D eigenvalue weighted by molar-refractivity contribution is -0.888. The fourth-order valence-corrected chi connectivity index (χ4v) is 5.57. The molecule has 1 aromatic heterocycles. The van der Waals surface area contributed by atoms with Crippen LogP contribution in [0.15, 0.2) is 18.6 Å². The van der Waals surface area contributed by atoms with Crippen molar-refractivity contribution in [3.8, 4) is 0 Å². The van der Waals surface area contributed by atoms with Gasteiger partial charge in [-0.15, -0.1) is 0 Å². The summed E-state index contributed by atoms with van der Waals surface area (Å²) in [6.45, 7) is 2.26. The van der Waals surface area contributed by atoms with E-state index < -0.39 is 8.80 Å². The lowest BCUT2D eigenvalue weighted by Crippen LogP contribution is -2.50. The van der Waals surface area contributed by atoms with Crippen molar-refractivity contribution in [2.45, 2.75) is 12.1 Å². The van der Waals surface area contributed by atoms with Crippen LogP contribution in [-0.2, 0) is 0 Å². The largest absolute Gasteiger partial charge is 0.329 e. The Hall–Kier alpha value is -1.07. The summed E-state index contributed by atoms with van der Waals surface area (Å²) in [6.07, 6.45) is 4.81. The maximum absolute atomic E-state index is 12.2. The number of aromatic nitrogens is 2. The number of carbonyl (C=O) groups is 1. The van der Waals surface area contributed by atoms with Crippen molar-refractivity contribution in [2.75, 3.05) is 27.2 Å². The monoisotopic (exact) mass is 236 g/mol. The summed E-state index contributed by atoms with van der Waals surface area (Å²) < 4.78 is 1.05. The second-order valence-electron chi connectivity index (χ2n) is 5.11. The van der Waals surface area contributed by atoms with Crippen LogP contribution in [0.3, 0.4) is 0 Å². The van der Waals surface area contributed by atoms with E-state index in [1.165, 1.54) is 0 Å². The van der Waals surface area contributed by atoms with E-state index in [2.05, 4.69) is 24.1 Å². The van der Waals surface area contributed by atoms with E-state index in [1.54, 1.807) is 18.6 Å². The summed E-state index contributed by atoms with van der Waals surface area (Å²) >= 11 is 0. The van der Waals surface area contributed by atoms with E-state index in [-0.39, 0.29) is 0 Å². The van der Waals surface area contributed by atoms with Gasteiger partial charge in [-0.1, -0.05) is 0 Å². The maximum Gasteiger partial charge on any atom is 0.156 e. The first kappa shape index (κ1) is 11.4. The normalized spacial score (nSPS) is 20.6. The third-order valence-electron chi connectivity index (χ3n) is 3.35. The maximum atomic E-state index is 12.2. The number of hydrogen-bond donors (Lipinski definition) is 0. The van der Waals surface area contributed by atoms with Crippen molar-refractivity contribution < 1.29 is 9.28 Å². The van der Waals surface area contributed by atoms with Crippen molar-refractivity contribution in [3.05, 3.63) is 24.3 Å². The zero-order valence-electron chi connectivity index (χ0n) is 9.89. The number of carbonyl (C=O) groups excluding carboxylic acids is 1. The summed E-state index contributed by atoms with van der Waals surface area (Å²) in [6, 6.07) is 2.20. The average molecular weight is 236 g/mol. The van der Waals surface area contributed by atoms with Crippen LogP contribution in [-0.4, -0.2) is 55.8 Å². The molecule has 0 bridgehead atoms. The number of hydrogen-bond acceptors (Lipinski definition) is 3. The highest BCUT2D eigenvalue weighted by molar-refractivity contribution is 6.92. The lowest BCUT2D eigenvalue weighted by Gasteiger charge is -2.35. The molecule has 2 heterocycles. The minimum Gasteiger partial charge on any atom is -0.329 e. The first-order valence-electron chi connectivity index (χ1n) is 5.71. The molecule has 4 nitrogen and oxygen atoms in total. The fourth-order valence-electron chi connectivity index (χ4n) is 2.16. The first-order valence-corrected chi connectivity index (χ1v) is 7.92. The highest BCUT2D eigenvalue weighted by Gasteiger charge is 2.32. The smallest absolute Gasteiger partial charge is 0.156 e. The molecule has 1 aliphatic heterocycles. The molecular weight excluding hydrogens is 218 g/mol. The molecular formula is C11H18N3OSi+. The summed E-state index contributed by atoms with van der Waals surface area (Å²) in [7, 11) is 3.18. The van der Waals surface area contributed by atoms with E-state index in [4.69, 9.17) is 0 Å². The van der Waals surface area contributed by atoms with Gasteiger partial charge in [0.05, 0.1) is 33.4 Å². The topological polar surface area (TPSA) is 42.9 Å². The van der Waals surface area contributed by atoms with Gasteiger partial charge in [0.15, 0.2) is 5.41 Å². The zero-order valence-corrected chi connectivity index (χ0v) is 11.0. The molecule has 0 spiro atoms. The van der Waals surface area contributed by atoms with E-state index in [0.29, 0.717) is 11.1 Å². The third kappa shape index (κ3) is 2.54. The van der Waals surface area contributed by atoms with Crippen molar-refractivity contribution in [1.82, 2.24) is 9.97 Å². The highest BCUT2D eigenvalue weighted by Crippen LogP contribution is 2.17. The quantitative estimate of drug-likeness (QED) is 0.555. The van der Waals surface area contributed by atoms with Gasteiger partial charge in [-0.2, -0.15) is 0 Å². The zero-order chi connectivity index (χ0) is 11.6. The molecule has 0 unspecified atom stereocenters. The van der Waals surface area contributed by atoms with Crippen molar-refractivity contribution in [2.24, 2.45) is 0 Å². The summed E-state index contributed by atoms with van der Waals surface area (Å²) in [5, 5.41) is 0.299. The molecule has 0 N–H and O–H groups in total. The fraction of sp³-hybridized carbons (Fsp3) is 0.545. The van der Waals surface area contributed by atoms with Crippen molar-refractivity contribution in [3.63, 3.8) is 0 Å². The van der Waals surface area contributed by atoms with Gasteiger partial charge in [-0.05, 0) is 12.1 Å². The molecule has 0 aromatic carbocycles. The molecule has 0 aliphatic carbocycles. The third-order valence-corrected chi connectivity index (χ3v) is 6.30. The van der Waals surface area contributed by atoms with Crippen LogP contribution >= 0.6 is 0 Å². The molecule has 0 radical (unpaired) electrons. The van der Waals surface area contributed by atoms with Gasteiger partial charge in [0, 0.05) is 12.4 Å². The van der Waals surface area contributed by atoms with Crippen LogP contribution in [0, 0.1) is 0 Å². The molecule has 1 aromatic rings. The van der Waals surface area contributed by atoms with Crippen LogP contribution in [0.1, 0.15) is 10.5 Å². The number of nitrogens with zero attached hydrogens (tertiary/aromatic N) is 3. The Kier molecular flexibility index (Phi) is 3.16. The van der Waals surface area contributed by atoms with Crippen LogP contribution in [0.5, 0.6) is 0 Å². The van der Waals surface area contributed by atoms with Crippen LogP contribution in [0.25, 0.3) is 0 Å². The molecule has 16 heavy (non-hydrogen) atoms. The Morgan fingerprint density at radius 2 is 2.00 bits per heavy atom. The Bertz CT molecular complexity index is 370. The van der Waals surface area contributed by atoms with Crippen molar-refractivity contribution in [1.29, 1.82) is 0 Å². The van der Waals surface area contributed by atoms with E-state index >= 15 is 0 Å². The Balaban J connectivity index is 2.03. The molecule has 86 valence electrons. The Morgan fingerprint density at radius 3 is 2.56 bits per heavy atom. The highest BCUT2D eigenvalue weighted by atomic mass is 28.3. The molecule has 0 amide bonds. The molecule has 0 saturated carbocycles. The van der Waals surface area contributed by atoms with Crippen LogP contribution < -0.4 is 0 Å². The molecule has 1 aliphatic rings. The lowest BCUT2D eigenvalue weighted by atomic mass is 10.4. The first-order chi connectivity index (χ1) is 7.58. The van der Waals surface area contributed by atoms with Crippen LogP contribution in [0.4, 0.5) is 0 Å². The Labute approximate surface area is 97.5 Å². The minimum absolute atomic E-state index is 0.299. The van der Waals surface area contributed by atoms with E-state index in [1.807, 2.05) is 0 Å². The molecule has 5 heteroatoms. The second kappa shape index (κ2) is 4.43. The van der Waals surface area contributed by atoms with Gasteiger partial charge in [0.1, 0.15) is 14.5 Å².